The molecular weight excluding hydrogens is 320 g/mol. The van der Waals surface area contributed by atoms with Gasteiger partial charge < -0.3 is 10.2 Å². The number of hydrogen-bond acceptors (Lipinski definition) is 4. The number of urea groups is 1. The highest BCUT2D eigenvalue weighted by molar-refractivity contribution is 7.10. The zero-order valence-electron chi connectivity index (χ0n) is 14.0. The van der Waals surface area contributed by atoms with E-state index in [2.05, 4.69) is 32.7 Å². The first-order valence-corrected chi connectivity index (χ1v) is 9.27. The van der Waals surface area contributed by atoms with E-state index >= 15 is 0 Å². The molecule has 3 heterocycles. The molecule has 0 aromatic carbocycles. The first kappa shape index (κ1) is 16.9. The fourth-order valence-corrected chi connectivity index (χ4v) is 3.96. The SMILES string of the molecule is CN(Cc1ccncc1)C(=O)NC[C@H](c1cccs1)N1CCCC1. The number of amides is 2. The number of carbonyl (C=O) groups excluding carboxylic acids is 1. The Morgan fingerprint density at radius 3 is 2.75 bits per heavy atom. The number of nitrogens with zero attached hydrogens (tertiary/aromatic N) is 3. The van der Waals surface area contributed by atoms with E-state index < -0.39 is 0 Å². The largest absolute Gasteiger partial charge is 0.336 e. The highest BCUT2D eigenvalue weighted by Gasteiger charge is 2.25. The summed E-state index contributed by atoms with van der Waals surface area (Å²) in [5.74, 6) is 0. The van der Waals surface area contributed by atoms with Crippen LogP contribution in [0.15, 0.2) is 42.0 Å². The van der Waals surface area contributed by atoms with Crippen LogP contribution >= 0.6 is 11.3 Å². The lowest BCUT2D eigenvalue weighted by atomic mass is 10.2. The molecule has 5 nitrogen and oxygen atoms in total. The van der Waals surface area contributed by atoms with Crippen molar-refractivity contribution in [3.8, 4) is 0 Å². The van der Waals surface area contributed by atoms with Gasteiger partial charge in [-0.3, -0.25) is 9.88 Å². The maximum absolute atomic E-state index is 12.4. The Bertz CT molecular complexity index is 626. The van der Waals surface area contributed by atoms with Gasteiger partial charge in [-0.15, -0.1) is 11.3 Å². The van der Waals surface area contributed by atoms with E-state index in [0.717, 1.165) is 18.7 Å². The quantitative estimate of drug-likeness (QED) is 0.876. The number of thiophene rings is 1. The van der Waals surface area contributed by atoms with E-state index in [1.165, 1.54) is 17.7 Å². The Morgan fingerprint density at radius 2 is 2.08 bits per heavy atom. The van der Waals surface area contributed by atoms with Crippen LogP contribution in [0.3, 0.4) is 0 Å². The summed E-state index contributed by atoms with van der Waals surface area (Å²) in [5, 5.41) is 5.21. The molecule has 1 saturated heterocycles. The Balaban J connectivity index is 1.56. The lowest BCUT2D eigenvalue weighted by Gasteiger charge is -2.28. The van der Waals surface area contributed by atoms with Crippen LogP contribution in [0.25, 0.3) is 0 Å². The number of pyridine rings is 1. The van der Waals surface area contributed by atoms with Crippen LogP contribution in [-0.4, -0.2) is 47.5 Å². The van der Waals surface area contributed by atoms with E-state index in [-0.39, 0.29) is 12.1 Å². The number of rotatable bonds is 6. The molecule has 128 valence electrons. The zero-order valence-corrected chi connectivity index (χ0v) is 14.8. The summed E-state index contributed by atoms with van der Waals surface area (Å²) in [6.45, 7) is 3.47. The molecule has 2 amide bonds. The molecule has 6 heteroatoms. The van der Waals surface area contributed by atoms with Gasteiger partial charge in [-0.2, -0.15) is 0 Å². The van der Waals surface area contributed by atoms with Crippen molar-refractivity contribution >= 4 is 17.4 Å². The van der Waals surface area contributed by atoms with Crippen molar-refractivity contribution in [2.45, 2.75) is 25.4 Å². The fraction of sp³-hybridized carbons (Fsp3) is 0.444. The van der Waals surface area contributed by atoms with Gasteiger partial charge in [0.1, 0.15) is 0 Å². The highest BCUT2D eigenvalue weighted by atomic mass is 32.1. The van der Waals surface area contributed by atoms with Crippen LogP contribution in [0.4, 0.5) is 4.79 Å². The molecule has 2 aromatic rings. The maximum Gasteiger partial charge on any atom is 0.317 e. The average molecular weight is 344 g/mol. The summed E-state index contributed by atoms with van der Waals surface area (Å²) in [6.07, 6.45) is 6.00. The standard InChI is InChI=1S/C18H24N4OS/c1-21(14-15-6-8-19-9-7-15)18(23)20-13-16(17-5-4-12-24-17)22-10-2-3-11-22/h4-9,12,16H,2-3,10-11,13-14H2,1H3,(H,20,23)/t16-/m1/s1. The molecule has 1 aliphatic rings. The van der Waals surface area contributed by atoms with Crippen LogP contribution < -0.4 is 5.32 Å². The molecule has 0 spiro atoms. The third-order valence-corrected chi connectivity index (χ3v) is 5.39. The molecule has 3 rings (SSSR count). The summed E-state index contributed by atoms with van der Waals surface area (Å²) in [5.41, 5.74) is 1.08. The molecule has 0 saturated carbocycles. The van der Waals surface area contributed by atoms with Crippen LogP contribution in [0, 0.1) is 0 Å². The van der Waals surface area contributed by atoms with Crippen molar-refractivity contribution < 1.29 is 4.79 Å². The third kappa shape index (κ3) is 4.33. The van der Waals surface area contributed by atoms with E-state index in [1.807, 2.05) is 19.2 Å². The van der Waals surface area contributed by atoms with Crippen molar-refractivity contribution in [3.63, 3.8) is 0 Å². The van der Waals surface area contributed by atoms with Crippen molar-refractivity contribution in [2.75, 3.05) is 26.7 Å². The number of carbonyl (C=O) groups is 1. The number of likely N-dealkylation sites (tertiary alicyclic amines) is 1. The second-order valence-corrected chi connectivity index (χ2v) is 7.15. The summed E-state index contributed by atoms with van der Waals surface area (Å²) >= 11 is 1.77. The van der Waals surface area contributed by atoms with Gasteiger partial charge in [-0.25, -0.2) is 4.79 Å². The number of hydrogen-bond donors (Lipinski definition) is 1. The second kappa shape index (κ2) is 8.26. The van der Waals surface area contributed by atoms with Crippen molar-refractivity contribution in [1.82, 2.24) is 20.1 Å². The maximum atomic E-state index is 12.4. The Morgan fingerprint density at radius 1 is 1.33 bits per heavy atom. The molecule has 0 bridgehead atoms. The van der Waals surface area contributed by atoms with Gasteiger partial charge in [0.25, 0.3) is 0 Å². The number of aromatic nitrogens is 1. The molecule has 0 unspecified atom stereocenters. The molecule has 0 aliphatic carbocycles. The van der Waals surface area contributed by atoms with Gasteiger partial charge in [0.2, 0.25) is 0 Å². The molecule has 2 aromatic heterocycles. The minimum atomic E-state index is -0.0347. The van der Waals surface area contributed by atoms with Gasteiger partial charge in [0, 0.05) is 37.4 Å². The molecular formula is C18H24N4OS. The Labute approximate surface area is 147 Å². The second-order valence-electron chi connectivity index (χ2n) is 6.17. The van der Waals surface area contributed by atoms with E-state index in [1.54, 1.807) is 28.6 Å². The summed E-state index contributed by atoms with van der Waals surface area (Å²) in [6, 6.07) is 8.37. The van der Waals surface area contributed by atoms with Crippen LogP contribution in [0.1, 0.15) is 29.3 Å². The minimum Gasteiger partial charge on any atom is -0.336 e. The van der Waals surface area contributed by atoms with E-state index in [4.69, 9.17) is 0 Å². The fourth-order valence-electron chi connectivity index (χ4n) is 3.10. The smallest absolute Gasteiger partial charge is 0.317 e. The van der Waals surface area contributed by atoms with E-state index in [9.17, 15) is 4.79 Å². The van der Waals surface area contributed by atoms with Gasteiger partial charge in [-0.05, 0) is 55.1 Å². The van der Waals surface area contributed by atoms with Crippen LogP contribution in [0.5, 0.6) is 0 Å². The molecule has 0 radical (unpaired) electrons. The van der Waals surface area contributed by atoms with Gasteiger partial charge in [0.05, 0.1) is 6.04 Å². The van der Waals surface area contributed by atoms with Gasteiger partial charge >= 0.3 is 6.03 Å². The summed E-state index contributed by atoms with van der Waals surface area (Å²) in [4.78, 5) is 21.9. The normalized spacial score (nSPS) is 16.0. The van der Waals surface area contributed by atoms with Gasteiger partial charge in [-0.1, -0.05) is 6.07 Å². The molecule has 1 N–H and O–H groups in total. The van der Waals surface area contributed by atoms with Crippen molar-refractivity contribution in [1.29, 1.82) is 0 Å². The van der Waals surface area contributed by atoms with Crippen molar-refractivity contribution in [3.05, 3.63) is 52.5 Å². The Hall–Kier alpha value is -1.92. The average Bonchev–Trinajstić information content (AvgIpc) is 3.30. The first-order chi connectivity index (χ1) is 11.7. The predicted octanol–water partition coefficient (Wildman–Crippen LogP) is 3.12. The van der Waals surface area contributed by atoms with Gasteiger partial charge in [0.15, 0.2) is 0 Å². The highest BCUT2D eigenvalue weighted by Crippen LogP contribution is 2.27. The topological polar surface area (TPSA) is 48.5 Å². The first-order valence-electron chi connectivity index (χ1n) is 8.39. The van der Waals surface area contributed by atoms with Crippen LogP contribution in [0.2, 0.25) is 0 Å². The zero-order chi connectivity index (χ0) is 16.8. The lowest BCUT2D eigenvalue weighted by molar-refractivity contribution is 0.196. The number of nitrogens with one attached hydrogen (secondary N) is 1. The molecule has 1 fully saturated rings. The Kier molecular flexibility index (Phi) is 5.82. The van der Waals surface area contributed by atoms with Crippen LogP contribution in [-0.2, 0) is 6.54 Å². The van der Waals surface area contributed by atoms with E-state index in [0.29, 0.717) is 13.1 Å². The minimum absolute atomic E-state index is 0.0347. The molecule has 24 heavy (non-hydrogen) atoms. The third-order valence-electron chi connectivity index (χ3n) is 4.42. The summed E-state index contributed by atoms with van der Waals surface area (Å²) < 4.78 is 0. The molecule has 1 atom stereocenters. The molecule has 1 aliphatic heterocycles. The monoisotopic (exact) mass is 344 g/mol. The summed E-state index contributed by atoms with van der Waals surface area (Å²) in [7, 11) is 1.83. The lowest BCUT2D eigenvalue weighted by Crippen LogP contribution is -2.42. The van der Waals surface area contributed by atoms with Crippen molar-refractivity contribution in [2.24, 2.45) is 0 Å². The predicted molar refractivity (Wildman–Crippen MR) is 97.0 cm³/mol.